The summed E-state index contributed by atoms with van der Waals surface area (Å²) in [7, 11) is -1.75. The van der Waals surface area contributed by atoms with Crippen molar-refractivity contribution in [2.75, 3.05) is 0 Å². The van der Waals surface area contributed by atoms with Gasteiger partial charge in [0.25, 0.3) is 0 Å². The Hall–Kier alpha value is -2.58. The Bertz CT molecular complexity index is 872. The summed E-state index contributed by atoms with van der Waals surface area (Å²) in [6.07, 6.45) is 1.16. The summed E-state index contributed by atoms with van der Waals surface area (Å²) < 4.78 is 0. The lowest BCUT2D eigenvalue weighted by molar-refractivity contribution is 0.646. The first kappa shape index (κ1) is 15.7. The summed E-state index contributed by atoms with van der Waals surface area (Å²) in [4.78, 5) is 0. The zero-order valence-electron chi connectivity index (χ0n) is 14.9. The molecule has 1 atom stereocenters. The highest BCUT2D eigenvalue weighted by Gasteiger charge is 2.46. The van der Waals surface area contributed by atoms with Crippen molar-refractivity contribution in [1.82, 2.24) is 5.32 Å². The largest absolute Gasteiger partial charge is 0.381 e. The fourth-order valence-electron chi connectivity index (χ4n) is 4.79. The van der Waals surface area contributed by atoms with E-state index in [0.717, 1.165) is 6.42 Å². The van der Waals surface area contributed by atoms with Gasteiger partial charge in [0.15, 0.2) is 0 Å². The van der Waals surface area contributed by atoms with Crippen LogP contribution in [0.1, 0.15) is 18.0 Å². The first-order valence-corrected chi connectivity index (χ1v) is 11.9. The molecule has 1 N–H and O–H groups in total. The highest BCUT2D eigenvalue weighted by Crippen LogP contribution is 2.43. The first-order chi connectivity index (χ1) is 12.9. The van der Waals surface area contributed by atoms with Gasteiger partial charge >= 0.3 is 0 Å². The average molecular weight is 354 g/mol. The molecule has 2 heteroatoms. The number of benzene rings is 3. The summed E-state index contributed by atoms with van der Waals surface area (Å²) in [6, 6.07) is 36.3. The van der Waals surface area contributed by atoms with Crippen LogP contribution in [-0.2, 0) is 0 Å². The van der Waals surface area contributed by atoms with Gasteiger partial charge in [0.1, 0.15) is 8.07 Å². The van der Waals surface area contributed by atoms with E-state index >= 15 is 0 Å². The Kier molecular flexibility index (Phi) is 3.79. The van der Waals surface area contributed by atoms with Crippen LogP contribution >= 0.6 is 0 Å². The van der Waals surface area contributed by atoms with Gasteiger partial charge < -0.3 is 5.32 Å². The molecule has 26 heavy (non-hydrogen) atoms. The third kappa shape index (κ3) is 2.53. The van der Waals surface area contributed by atoms with E-state index in [1.54, 1.807) is 15.9 Å². The second-order valence-electron chi connectivity index (χ2n) is 7.56. The Balaban J connectivity index is 1.48. The Morgan fingerprint density at radius 3 is 1.73 bits per heavy atom. The molecule has 0 aliphatic carbocycles. The molecule has 0 radical (unpaired) electrons. The predicted molar refractivity (Wildman–Crippen MR) is 111 cm³/mol. The second-order valence-corrected chi connectivity index (χ2v) is 11.6. The second kappa shape index (κ2) is 6.29. The van der Waals surface area contributed by atoms with Crippen LogP contribution in [0, 0.1) is 0 Å². The molecule has 0 saturated heterocycles. The van der Waals surface area contributed by atoms with Crippen LogP contribution < -0.4 is 15.7 Å². The topological polar surface area (TPSA) is 12.0 Å². The maximum Gasteiger partial charge on any atom is 0.127 e. The predicted octanol–water partition coefficient (Wildman–Crippen LogP) is 4.25. The minimum Gasteiger partial charge on any atom is -0.381 e. The van der Waals surface area contributed by atoms with Crippen molar-refractivity contribution in [2.24, 2.45) is 0 Å². The molecule has 128 valence electrons. The SMILES string of the molecule is c1ccc(C2CC3=C(C[Si](c4ccccc4)(c4ccccc4)C3)N2)cc1. The normalized spacial score (nSPS) is 20.7. The standard InChI is InChI=1S/C24H23NSi/c1-4-10-19(11-5-1)23-16-20-17-26(18-24(20)25-23,21-12-6-2-7-13-21)22-14-8-3-9-15-22/h1-15,23,25H,16-18H2. The van der Waals surface area contributed by atoms with Crippen molar-refractivity contribution < 1.29 is 0 Å². The van der Waals surface area contributed by atoms with Crippen molar-refractivity contribution in [3.05, 3.63) is 108 Å². The van der Waals surface area contributed by atoms with Crippen LogP contribution in [0.2, 0.25) is 12.1 Å². The highest BCUT2D eigenvalue weighted by molar-refractivity contribution is 7.03. The van der Waals surface area contributed by atoms with Gasteiger partial charge in [-0.3, -0.25) is 0 Å². The average Bonchev–Trinajstić information content (AvgIpc) is 3.27. The van der Waals surface area contributed by atoms with E-state index in [2.05, 4.69) is 96.3 Å². The molecule has 0 amide bonds. The minimum atomic E-state index is -1.75. The van der Waals surface area contributed by atoms with Gasteiger partial charge in [-0.05, 0) is 24.1 Å². The van der Waals surface area contributed by atoms with Crippen molar-refractivity contribution >= 4 is 18.4 Å². The number of allylic oxidation sites excluding steroid dienone is 1. The van der Waals surface area contributed by atoms with E-state index in [0.29, 0.717) is 6.04 Å². The molecule has 0 aromatic heterocycles. The van der Waals surface area contributed by atoms with Crippen LogP contribution in [0.25, 0.3) is 0 Å². The van der Waals surface area contributed by atoms with E-state index in [4.69, 9.17) is 0 Å². The van der Waals surface area contributed by atoms with Gasteiger partial charge in [-0.25, -0.2) is 0 Å². The maximum absolute atomic E-state index is 3.88. The van der Waals surface area contributed by atoms with Gasteiger partial charge in [0.05, 0.1) is 6.04 Å². The smallest absolute Gasteiger partial charge is 0.127 e. The third-order valence-electron chi connectivity index (χ3n) is 6.07. The first-order valence-electron chi connectivity index (χ1n) is 9.49. The molecule has 5 rings (SSSR count). The summed E-state index contributed by atoms with van der Waals surface area (Å²) in [6.45, 7) is 0. The Morgan fingerprint density at radius 1 is 0.654 bits per heavy atom. The fourth-order valence-corrected chi connectivity index (χ4v) is 9.77. The monoisotopic (exact) mass is 353 g/mol. The molecule has 0 bridgehead atoms. The maximum atomic E-state index is 3.88. The van der Waals surface area contributed by atoms with E-state index in [9.17, 15) is 0 Å². The van der Waals surface area contributed by atoms with Crippen LogP contribution in [0.5, 0.6) is 0 Å². The summed E-state index contributed by atoms with van der Waals surface area (Å²) in [5, 5.41) is 7.01. The van der Waals surface area contributed by atoms with E-state index in [-0.39, 0.29) is 0 Å². The molecule has 0 spiro atoms. The van der Waals surface area contributed by atoms with Gasteiger partial charge in [0, 0.05) is 5.70 Å². The lowest BCUT2D eigenvalue weighted by atomic mass is 10.0. The zero-order chi connectivity index (χ0) is 17.4. The number of hydrogen-bond acceptors (Lipinski definition) is 1. The molecule has 2 aliphatic rings. The lowest BCUT2D eigenvalue weighted by Crippen LogP contribution is -2.57. The quantitative estimate of drug-likeness (QED) is 0.694. The molecule has 3 aromatic rings. The molecule has 1 unspecified atom stereocenters. The fraction of sp³-hybridized carbons (Fsp3) is 0.167. The molecule has 3 aromatic carbocycles. The van der Waals surface area contributed by atoms with Crippen molar-refractivity contribution in [1.29, 1.82) is 0 Å². The van der Waals surface area contributed by atoms with Crippen LogP contribution in [0.4, 0.5) is 0 Å². The van der Waals surface area contributed by atoms with Crippen LogP contribution in [0.15, 0.2) is 102 Å². The highest BCUT2D eigenvalue weighted by atomic mass is 28.3. The van der Waals surface area contributed by atoms with Crippen LogP contribution in [0.3, 0.4) is 0 Å². The third-order valence-corrected chi connectivity index (χ3v) is 10.9. The van der Waals surface area contributed by atoms with E-state index in [1.165, 1.54) is 23.3 Å². The van der Waals surface area contributed by atoms with E-state index < -0.39 is 8.07 Å². The molecular formula is C24H23NSi. The van der Waals surface area contributed by atoms with Crippen molar-refractivity contribution in [3.8, 4) is 0 Å². The molecule has 0 fully saturated rings. The van der Waals surface area contributed by atoms with Gasteiger partial charge in [-0.2, -0.15) is 0 Å². The number of nitrogens with one attached hydrogen (secondary N) is 1. The minimum absolute atomic E-state index is 0.458. The summed E-state index contributed by atoms with van der Waals surface area (Å²) in [5.41, 5.74) is 4.60. The lowest BCUT2D eigenvalue weighted by Gasteiger charge is -2.31. The molecule has 0 saturated carbocycles. The van der Waals surface area contributed by atoms with Crippen molar-refractivity contribution in [2.45, 2.75) is 24.6 Å². The summed E-state index contributed by atoms with van der Waals surface area (Å²) >= 11 is 0. The van der Waals surface area contributed by atoms with Crippen LogP contribution in [-0.4, -0.2) is 8.07 Å². The molecule has 2 heterocycles. The molecule has 1 nitrogen and oxygen atoms in total. The summed E-state index contributed by atoms with van der Waals surface area (Å²) in [5.74, 6) is 0. The molecular weight excluding hydrogens is 330 g/mol. The van der Waals surface area contributed by atoms with Crippen molar-refractivity contribution in [3.63, 3.8) is 0 Å². The Labute approximate surface area is 156 Å². The number of hydrogen-bond donors (Lipinski definition) is 1. The zero-order valence-corrected chi connectivity index (χ0v) is 15.9. The molecule has 2 aliphatic heterocycles. The van der Waals surface area contributed by atoms with Gasteiger partial charge in [-0.1, -0.05) is 107 Å². The van der Waals surface area contributed by atoms with Gasteiger partial charge in [0.2, 0.25) is 0 Å². The number of rotatable bonds is 3. The van der Waals surface area contributed by atoms with Gasteiger partial charge in [-0.15, -0.1) is 0 Å². The Morgan fingerprint density at radius 2 is 1.19 bits per heavy atom. The van der Waals surface area contributed by atoms with E-state index in [1.807, 2.05) is 0 Å².